The van der Waals surface area contributed by atoms with Crippen molar-refractivity contribution in [1.29, 1.82) is 0 Å². The Morgan fingerprint density at radius 3 is 2.69 bits per heavy atom. The van der Waals surface area contributed by atoms with Crippen LogP contribution in [0.4, 0.5) is 0 Å². The number of hydrogen-bond acceptors (Lipinski definition) is 3. The maximum Gasteiger partial charge on any atom is 0.347 e. The molecule has 1 atom stereocenters. The van der Waals surface area contributed by atoms with Crippen LogP contribution < -0.4 is 5.69 Å². The van der Waals surface area contributed by atoms with Crippen LogP contribution in [0.3, 0.4) is 0 Å². The molecule has 5 nitrogen and oxygen atoms in total. The van der Waals surface area contributed by atoms with Crippen molar-refractivity contribution in [3.05, 3.63) is 62.8 Å². The van der Waals surface area contributed by atoms with Crippen LogP contribution in [0.15, 0.2) is 35.1 Å². The number of hydrogen-bond donors (Lipinski definition) is 0. The smallest absolute Gasteiger partial charge is 0.342 e. The van der Waals surface area contributed by atoms with E-state index in [1.165, 1.54) is 5.56 Å². The van der Waals surface area contributed by atoms with Crippen LogP contribution >= 0.6 is 11.6 Å². The van der Waals surface area contributed by atoms with Crippen molar-refractivity contribution < 1.29 is 4.79 Å². The minimum atomic E-state index is -0.280. The number of nitrogens with zero attached hydrogens (tertiary/aromatic N) is 3. The molecule has 2 heterocycles. The number of likely N-dealkylation sites (tertiary alicyclic amines) is 1. The molecule has 2 aromatic rings. The number of carbonyl (C=O) groups is 1. The zero-order valence-corrected chi connectivity index (χ0v) is 16.0. The van der Waals surface area contributed by atoms with Crippen LogP contribution in [0, 0.1) is 19.8 Å². The number of benzene rings is 1. The first-order valence-electron chi connectivity index (χ1n) is 8.99. The Kier molecular flexibility index (Phi) is 5.77. The second kappa shape index (κ2) is 8.04. The first-order valence-corrected chi connectivity index (χ1v) is 9.37. The summed E-state index contributed by atoms with van der Waals surface area (Å²) >= 11 is 5.93. The number of rotatable bonds is 5. The summed E-state index contributed by atoms with van der Waals surface area (Å²) in [5, 5.41) is 0.744. The van der Waals surface area contributed by atoms with Gasteiger partial charge >= 0.3 is 5.69 Å². The summed E-state index contributed by atoms with van der Waals surface area (Å²) in [4.78, 5) is 30.4. The van der Waals surface area contributed by atoms with Gasteiger partial charge in [-0.3, -0.25) is 9.36 Å². The van der Waals surface area contributed by atoms with E-state index in [2.05, 4.69) is 4.98 Å². The molecular formula is C20H24ClN3O2. The van der Waals surface area contributed by atoms with E-state index in [0.29, 0.717) is 24.6 Å². The third-order valence-corrected chi connectivity index (χ3v) is 5.22. The molecule has 26 heavy (non-hydrogen) atoms. The van der Waals surface area contributed by atoms with Gasteiger partial charge < -0.3 is 4.90 Å². The maximum atomic E-state index is 12.5. The molecule has 1 aliphatic rings. The molecule has 0 N–H and O–H groups in total. The van der Waals surface area contributed by atoms with E-state index in [9.17, 15) is 9.59 Å². The van der Waals surface area contributed by atoms with E-state index in [-0.39, 0.29) is 11.6 Å². The molecule has 1 unspecified atom stereocenters. The Hall–Kier alpha value is -2.14. The van der Waals surface area contributed by atoms with Gasteiger partial charge in [0, 0.05) is 42.5 Å². The van der Waals surface area contributed by atoms with E-state index in [1.54, 1.807) is 11.5 Å². The Bertz CT molecular complexity index is 845. The summed E-state index contributed by atoms with van der Waals surface area (Å²) < 4.78 is 1.58. The standard InChI is InChI=1S/C20H24ClN3O2/c1-14-11-15(2)24(20(26)22-14)10-8-19(25)23-9-7-17(13-23)12-16-3-5-18(21)6-4-16/h3-6,11,17H,7-10,12-13H2,1-2H3. The summed E-state index contributed by atoms with van der Waals surface area (Å²) in [6.45, 7) is 5.63. The number of aryl methyl sites for hydroxylation is 2. The van der Waals surface area contributed by atoms with Crippen LogP contribution in [0.2, 0.25) is 5.02 Å². The lowest BCUT2D eigenvalue weighted by Gasteiger charge is -2.17. The number of carbonyl (C=O) groups excluding carboxylic acids is 1. The van der Waals surface area contributed by atoms with Gasteiger partial charge in [0.15, 0.2) is 0 Å². The minimum absolute atomic E-state index is 0.107. The predicted molar refractivity (Wildman–Crippen MR) is 102 cm³/mol. The van der Waals surface area contributed by atoms with Crippen molar-refractivity contribution in [2.45, 2.75) is 39.7 Å². The molecule has 3 rings (SSSR count). The van der Waals surface area contributed by atoms with Gasteiger partial charge in [0.2, 0.25) is 5.91 Å². The second-order valence-electron chi connectivity index (χ2n) is 7.05. The number of halogens is 1. The second-order valence-corrected chi connectivity index (χ2v) is 7.48. The summed E-state index contributed by atoms with van der Waals surface area (Å²) in [7, 11) is 0. The Morgan fingerprint density at radius 1 is 1.27 bits per heavy atom. The molecule has 1 aromatic carbocycles. The summed E-state index contributed by atoms with van der Waals surface area (Å²) in [6, 6.07) is 9.78. The molecule has 1 saturated heterocycles. The zero-order chi connectivity index (χ0) is 18.7. The summed E-state index contributed by atoms with van der Waals surface area (Å²) in [6.07, 6.45) is 2.31. The minimum Gasteiger partial charge on any atom is -0.342 e. The van der Waals surface area contributed by atoms with Gasteiger partial charge in [-0.15, -0.1) is 0 Å². The highest BCUT2D eigenvalue weighted by atomic mass is 35.5. The highest BCUT2D eigenvalue weighted by Gasteiger charge is 2.26. The lowest BCUT2D eigenvalue weighted by molar-refractivity contribution is -0.130. The van der Waals surface area contributed by atoms with Crippen LogP contribution in [-0.4, -0.2) is 33.4 Å². The third-order valence-electron chi connectivity index (χ3n) is 4.97. The van der Waals surface area contributed by atoms with Gasteiger partial charge in [-0.2, -0.15) is 4.98 Å². The fourth-order valence-corrected chi connectivity index (χ4v) is 3.72. The van der Waals surface area contributed by atoms with E-state index < -0.39 is 0 Å². The summed E-state index contributed by atoms with van der Waals surface area (Å²) in [5.41, 5.74) is 2.52. The molecule has 1 aromatic heterocycles. The van der Waals surface area contributed by atoms with Gasteiger partial charge in [-0.1, -0.05) is 23.7 Å². The van der Waals surface area contributed by atoms with Gasteiger partial charge in [0.1, 0.15) is 0 Å². The molecule has 0 saturated carbocycles. The number of amides is 1. The largest absolute Gasteiger partial charge is 0.347 e. The van der Waals surface area contributed by atoms with Crippen molar-refractivity contribution in [3.63, 3.8) is 0 Å². The third kappa shape index (κ3) is 4.52. The van der Waals surface area contributed by atoms with Gasteiger partial charge in [-0.25, -0.2) is 4.79 Å². The van der Waals surface area contributed by atoms with Gasteiger partial charge in [0.05, 0.1) is 0 Å². The predicted octanol–water partition coefficient (Wildman–Crippen LogP) is 2.99. The van der Waals surface area contributed by atoms with Crippen molar-refractivity contribution in [1.82, 2.24) is 14.5 Å². The van der Waals surface area contributed by atoms with Crippen LogP contribution in [0.5, 0.6) is 0 Å². The fourth-order valence-electron chi connectivity index (χ4n) is 3.59. The molecule has 0 aliphatic carbocycles. The van der Waals surface area contributed by atoms with Crippen molar-refractivity contribution >= 4 is 17.5 Å². The topological polar surface area (TPSA) is 55.2 Å². The molecule has 0 radical (unpaired) electrons. The average molecular weight is 374 g/mol. The van der Waals surface area contributed by atoms with E-state index in [1.807, 2.05) is 42.2 Å². The highest BCUT2D eigenvalue weighted by Crippen LogP contribution is 2.22. The molecule has 0 bridgehead atoms. The Morgan fingerprint density at radius 2 is 2.00 bits per heavy atom. The zero-order valence-electron chi connectivity index (χ0n) is 15.2. The molecule has 1 amide bonds. The average Bonchev–Trinajstić information content (AvgIpc) is 3.04. The molecule has 1 aliphatic heterocycles. The first-order chi connectivity index (χ1) is 12.4. The lowest BCUT2D eigenvalue weighted by atomic mass is 9.99. The van der Waals surface area contributed by atoms with Crippen molar-refractivity contribution in [2.75, 3.05) is 13.1 Å². The molecule has 1 fully saturated rings. The normalized spacial score (nSPS) is 16.9. The van der Waals surface area contributed by atoms with Gasteiger partial charge in [0.25, 0.3) is 0 Å². The molecule has 0 spiro atoms. The quantitative estimate of drug-likeness (QED) is 0.809. The van der Waals surface area contributed by atoms with E-state index in [4.69, 9.17) is 11.6 Å². The lowest BCUT2D eigenvalue weighted by Crippen LogP contribution is -2.32. The fraction of sp³-hybridized carbons (Fsp3) is 0.450. The van der Waals surface area contributed by atoms with Crippen LogP contribution in [0.25, 0.3) is 0 Å². The Balaban J connectivity index is 1.53. The SMILES string of the molecule is Cc1cc(C)n(CCC(=O)N2CCC(Cc3ccc(Cl)cc3)C2)c(=O)n1. The monoisotopic (exact) mass is 373 g/mol. The maximum absolute atomic E-state index is 12.5. The Labute approximate surface area is 158 Å². The van der Waals surface area contributed by atoms with Crippen LogP contribution in [0.1, 0.15) is 29.8 Å². The first kappa shape index (κ1) is 18.6. The van der Waals surface area contributed by atoms with Crippen molar-refractivity contribution in [3.8, 4) is 0 Å². The molecule has 6 heteroatoms. The van der Waals surface area contributed by atoms with Gasteiger partial charge in [-0.05, 0) is 56.4 Å². The van der Waals surface area contributed by atoms with E-state index >= 15 is 0 Å². The summed E-state index contributed by atoms with van der Waals surface area (Å²) in [5.74, 6) is 0.584. The molecular weight excluding hydrogens is 350 g/mol. The van der Waals surface area contributed by atoms with Crippen molar-refractivity contribution in [2.24, 2.45) is 5.92 Å². The van der Waals surface area contributed by atoms with Crippen LogP contribution in [-0.2, 0) is 17.8 Å². The molecule has 138 valence electrons. The van der Waals surface area contributed by atoms with E-state index in [0.717, 1.165) is 36.6 Å². The highest BCUT2D eigenvalue weighted by molar-refractivity contribution is 6.30. The number of aromatic nitrogens is 2.